The highest BCUT2D eigenvalue weighted by Crippen LogP contribution is 2.31. The Kier molecular flexibility index (Phi) is 9.89. The number of aromatic nitrogens is 2. The Bertz CT molecular complexity index is 1350. The van der Waals surface area contributed by atoms with Gasteiger partial charge in [0.15, 0.2) is 0 Å². The van der Waals surface area contributed by atoms with E-state index in [1.165, 1.54) is 11.3 Å². The van der Waals surface area contributed by atoms with Crippen molar-refractivity contribution in [3.05, 3.63) is 96.8 Å². The first-order valence-corrected chi connectivity index (χ1v) is 13.7. The van der Waals surface area contributed by atoms with Crippen molar-refractivity contribution < 1.29 is 9.59 Å². The van der Waals surface area contributed by atoms with Gasteiger partial charge in [0.1, 0.15) is 0 Å². The highest BCUT2D eigenvalue weighted by atomic mass is 16.2. The molecule has 0 aliphatic carbocycles. The van der Waals surface area contributed by atoms with E-state index in [0.717, 1.165) is 48.2 Å². The Labute approximate surface area is 230 Å². The number of nitrogens with one attached hydrogen (secondary N) is 1. The minimum Gasteiger partial charge on any atom is -0.351 e. The van der Waals surface area contributed by atoms with E-state index in [4.69, 9.17) is 10.7 Å². The van der Waals surface area contributed by atoms with Gasteiger partial charge in [0.05, 0.1) is 29.0 Å². The standard InChI is InChI=1S/C32H37N5O2/c1-2-3-4-5-14-22-37(32(33)39)28-20-13-12-19-27(28)31(38)34-21-23-36-24-35-29(25-15-8-6-9-16-25)30(36)26-17-10-7-11-18-26/h6-13,15-20,24H,2-5,14,21-23H2,1H3,(H2,33,39)(H,34,38). The monoisotopic (exact) mass is 523 g/mol. The van der Waals surface area contributed by atoms with Gasteiger partial charge in [0.2, 0.25) is 0 Å². The van der Waals surface area contributed by atoms with Gasteiger partial charge < -0.3 is 15.6 Å². The Morgan fingerprint density at radius 3 is 2.18 bits per heavy atom. The average Bonchev–Trinajstić information content (AvgIpc) is 3.39. The summed E-state index contributed by atoms with van der Waals surface area (Å²) in [4.78, 5) is 31.8. The summed E-state index contributed by atoms with van der Waals surface area (Å²) < 4.78 is 2.07. The van der Waals surface area contributed by atoms with Crippen LogP contribution >= 0.6 is 0 Å². The maximum atomic E-state index is 13.3. The molecule has 0 aliphatic rings. The Hall–Kier alpha value is -4.39. The topological polar surface area (TPSA) is 93.2 Å². The lowest BCUT2D eigenvalue weighted by molar-refractivity contribution is 0.0953. The molecule has 0 radical (unpaired) electrons. The Balaban J connectivity index is 1.48. The number of nitrogens with zero attached hydrogens (tertiary/aromatic N) is 3. The lowest BCUT2D eigenvalue weighted by Crippen LogP contribution is -2.38. The van der Waals surface area contributed by atoms with Gasteiger partial charge in [-0.1, -0.05) is 105 Å². The van der Waals surface area contributed by atoms with Crippen LogP contribution in [0.2, 0.25) is 0 Å². The fourth-order valence-electron chi connectivity index (χ4n) is 4.77. The first-order chi connectivity index (χ1) is 19.1. The van der Waals surface area contributed by atoms with Gasteiger partial charge in [-0.15, -0.1) is 0 Å². The fourth-order valence-corrected chi connectivity index (χ4v) is 4.77. The van der Waals surface area contributed by atoms with Crippen LogP contribution in [-0.2, 0) is 6.54 Å². The van der Waals surface area contributed by atoms with E-state index in [9.17, 15) is 9.59 Å². The second-order valence-electron chi connectivity index (χ2n) is 9.54. The molecule has 0 atom stereocenters. The van der Waals surface area contributed by atoms with Crippen molar-refractivity contribution in [2.75, 3.05) is 18.0 Å². The fraction of sp³-hybridized carbons (Fsp3) is 0.281. The van der Waals surface area contributed by atoms with Crippen LogP contribution in [0, 0.1) is 0 Å². The molecule has 0 fully saturated rings. The zero-order valence-corrected chi connectivity index (χ0v) is 22.6. The molecular formula is C32H37N5O2. The van der Waals surface area contributed by atoms with Crippen molar-refractivity contribution in [1.29, 1.82) is 0 Å². The van der Waals surface area contributed by atoms with Crippen molar-refractivity contribution in [2.45, 2.75) is 45.6 Å². The lowest BCUT2D eigenvalue weighted by atomic mass is 10.0. The molecule has 7 heteroatoms. The van der Waals surface area contributed by atoms with Gasteiger partial charge in [-0.2, -0.15) is 0 Å². The van der Waals surface area contributed by atoms with Gasteiger partial charge in [0, 0.05) is 30.8 Å². The number of carbonyl (C=O) groups excluding carboxylic acids is 2. The largest absolute Gasteiger partial charge is 0.351 e. The first kappa shape index (κ1) is 27.6. The molecule has 0 saturated carbocycles. The number of amides is 3. The van der Waals surface area contributed by atoms with Gasteiger partial charge in [-0.25, -0.2) is 9.78 Å². The normalized spacial score (nSPS) is 10.8. The molecule has 1 aromatic heterocycles. The number of urea groups is 1. The summed E-state index contributed by atoms with van der Waals surface area (Å²) in [5.41, 5.74) is 10.7. The summed E-state index contributed by atoms with van der Waals surface area (Å²) in [6.45, 7) is 3.59. The third-order valence-corrected chi connectivity index (χ3v) is 6.76. The number of hydrogen-bond donors (Lipinski definition) is 2. The number of hydrogen-bond acceptors (Lipinski definition) is 3. The SMILES string of the molecule is CCCCCCCN(C(N)=O)c1ccccc1C(=O)NCCn1cnc(-c2ccccc2)c1-c1ccccc1. The molecule has 4 aromatic rings. The van der Waals surface area contributed by atoms with Crippen LogP contribution in [0.5, 0.6) is 0 Å². The number of primary amides is 1. The molecule has 3 aromatic carbocycles. The van der Waals surface area contributed by atoms with E-state index >= 15 is 0 Å². The van der Waals surface area contributed by atoms with Gasteiger partial charge in [-0.3, -0.25) is 9.69 Å². The lowest BCUT2D eigenvalue weighted by Gasteiger charge is -2.23. The van der Waals surface area contributed by atoms with E-state index < -0.39 is 6.03 Å². The molecule has 0 spiro atoms. The molecule has 202 valence electrons. The molecule has 0 saturated heterocycles. The Morgan fingerprint density at radius 2 is 1.49 bits per heavy atom. The van der Waals surface area contributed by atoms with Crippen LogP contribution in [0.15, 0.2) is 91.3 Å². The van der Waals surface area contributed by atoms with Crippen LogP contribution in [-0.4, -0.2) is 34.6 Å². The van der Waals surface area contributed by atoms with Crippen molar-refractivity contribution in [1.82, 2.24) is 14.9 Å². The van der Waals surface area contributed by atoms with Crippen molar-refractivity contribution in [3.8, 4) is 22.5 Å². The Morgan fingerprint density at radius 1 is 0.846 bits per heavy atom. The molecular weight excluding hydrogens is 486 g/mol. The zero-order chi connectivity index (χ0) is 27.5. The number of rotatable bonds is 13. The number of nitrogens with two attached hydrogens (primary N) is 1. The van der Waals surface area contributed by atoms with Crippen molar-refractivity contribution >= 4 is 17.6 Å². The molecule has 1 heterocycles. The quantitative estimate of drug-likeness (QED) is 0.196. The second kappa shape index (κ2) is 14.0. The molecule has 3 N–H and O–H groups in total. The summed E-state index contributed by atoms with van der Waals surface area (Å²) in [5.74, 6) is -0.243. The maximum absolute atomic E-state index is 13.3. The highest BCUT2D eigenvalue weighted by Gasteiger charge is 2.20. The maximum Gasteiger partial charge on any atom is 0.319 e. The van der Waals surface area contributed by atoms with Crippen molar-refractivity contribution in [3.63, 3.8) is 0 Å². The second-order valence-corrected chi connectivity index (χ2v) is 9.54. The number of unbranched alkanes of at least 4 members (excludes halogenated alkanes) is 4. The summed E-state index contributed by atoms with van der Waals surface area (Å²) in [6.07, 6.45) is 7.12. The molecule has 0 bridgehead atoms. The van der Waals surface area contributed by atoms with Crippen LogP contribution in [0.4, 0.5) is 10.5 Å². The van der Waals surface area contributed by atoms with Gasteiger partial charge in [-0.05, 0) is 18.6 Å². The molecule has 4 rings (SSSR count). The predicted molar refractivity (Wildman–Crippen MR) is 158 cm³/mol. The summed E-state index contributed by atoms with van der Waals surface area (Å²) in [5, 5.41) is 3.03. The van der Waals surface area contributed by atoms with E-state index in [1.807, 2.05) is 60.9 Å². The van der Waals surface area contributed by atoms with Crippen LogP contribution in [0.25, 0.3) is 22.5 Å². The number of para-hydroxylation sites is 1. The van der Waals surface area contributed by atoms with Gasteiger partial charge in [0.25, 0.3) is 5.91 Å². The van der Waals surface area contributed by atoms with Crippen LogP contribution < -0.4 is 16.0 Å². The number of benzene rings is 3. The van der Waals surface area contributed by atoms with E-state index in [0.29, 0.717) is 30.9 Å². The minimum absolute atomic E-state index is 0.243. The highest BCUT2D eigenvalue weighted by molar-refractivity contribution is 6.04. The predicted octanol–water partition coefficient (Wildman–Crippen LogP) is 6.50. The van der Waals surface area contributed by atoms with E-state index in [1.54, 1.807) is 18.2 Å². The molecule has 3 amide bonds. The third-order valence-electron chi connectivity index (χ3n) is 6.76. The number of anilines is 1. The first-order valence-electron chi connectivity index (χ1n) is 13.7. The van der Waals surface area contributed by atoms with Crippen LogP contribution in [0.3, 0.4) is 0 Å². The molecule has 7 nitrogen and oxygen atoms in total. The zero-order valence-electron chi connectivity index (χ0n) is 22.6. The smallest absolute Gasteiger partial charge is 0.319 e. The molecule has 0 aliphatic heterocycles. The summed E-state index contributed by atoms with van der Waals surface area (Å²) in [6, 6.07) is 26.8. The van der Waals surface area contributed by atoms with E-state index in [2.05, 4.69) is 28.9 Å². The number of carbonyl (C=O) groups is 2. The van der Waals surface area contributed by atoms with E-state index in [-0.39, 0.29) is 5.91 Å². The summed E-state index contributed by atoms with van der Waals surface area (Å²) in [7, 11) is 0. The average molecular weight is 524 g/mol. The van der Waals surface area contributed by atoms with Gasteiger partial charge >= 0.3 is 6.03 Å². The molecule has 0 unspecified atom stereocenters. The number of imidazole rings is 1. The molecule has 39 heavy (non-hydrogen) atoms. The minimum atomic E-state index is -0.551. The van der Waals surface area contributed by atoms with Crippen LogP contribution in [0.1, 0.15) is 49.4 Å². The summed E-state index contributed by atoms with van der Waals surface area (Å²) >= 11 is 0. The van der Waals surface area contributed by atoms with Crippen molar-refractivity contribution in [2.24, 2.45) is 5.73 Å². The third kappa shape index (κ3) is 7.13.